The Morgan fingerprint density at radius 3 is 1.82 bits per heavy atom. The molecular formula is C54H64F2N4O17S2. The third kappa shape index (κ3) is 16.4. The first kappa shape index (κ1) is 59.9. The van der Waals surface area contributed by atoms with E-state index in [1.54, 1.807) is 51.1 Å². The number of fused-ring (bicyclic) bond motifs is 6. The molecule has 4 aromatic rings. The van der Waals surface area contributed by atoms with Crippen LogP contribution in [0.15, 0.2) is 78.4 Å². The minimum absolute atomic E-state index is 0.0112. The number of halogens is 2. The fourth-order valence-corrected chi connectivity index (χ4v) is 10.4. The Kier molecular flexibility index (Phi) is 21.2. The summed E-state index contributed by atoms with van der Waals surface area (Å²) in [6.07, 6.45) is 1.50. The third-order valence-corrected chi connectivity index (χ3v) is 14.0. The van der Waals surface area contributed by atoms with E-state index in [2.05, 4.69) is 16.0 Å². The highest BCUT2D eigenvalue weighted by Crippen LogP contribution is 2.57. The van der Waals surface area contributed by atoms with Gasteiger partial charge < -0.3 is 73.5 Å². The Morgan fingerprint density at radius 2 is 1.27 bits per heavy atom. The molecule has 0 bridgehead atoms. The number of phenols is 2. The molecule has 6 N–H and O–H groups in total. The van der Waals surface area contributed by atoms with Crippen LogP contribution in [0.5, 0.6) is 23.0 Å². The highest BCUT2D eigenvalue weighted by molar-refractivity contribution is 7.93. The summed E-state index contributed by atoms with van der Waals surface area (Å²) in [5, 5.41) is 27.8. The molecule has 79 heavy (non-hydrogen) atoms. The highest BCUT2D eigenvalue weighted by Gasteiger charge is 2.54. The van der Waals surface area contributed by atoms with E-state index < -0.39 is 61.8 Å². The van der Waals surface area contributed by atoms with E-state index in [1.165, 1.54) is 30.3 Å². The summed E-state index contributed by atoms with van der Waals surface area (Å²) in [4.78, 5) is 38.3. The molecule has 2 aliphatic heterocycles. The molecule has 2 heterocycles. The van der Waals surface area contributed by atoms with Crippen LogP contribution < -0.4 is 25.4 Å². The van der Waals surface area contributed by atoms with Crippen molar-refractivity contribution in [2.75, 3.05) is 102 Å². The maximum Gasteiger partial charge on any atom is 0.407 e. The first-order valence-corrected chi connectivity index (χ1v) is 27.4. The van der Waals surface area contributed by atoms with Crippen molar-refractivity contribution in [3.63, 3.8) is 0 Å². The molecule has 1 atom stereocenters. The number of amides is 1. The van der Waals surface area contributed by atoms with Crippen molar-refractivity contribution in [1.29, 1.82) is 0 Å². The predicted octanol–water partition coefficient (Wildman–Crippen LogP) is 6.82. The van der Waals surface area contributed by atoms with Gasteiger partial charge in [-0.15, -0.1) is 0 Å². The molecule has 4 aromatic carbocycles. The Morgan fingerprint density at radius 1 is 0.734 bits per heavy atom. The molecule has 7 rings (SSSR count). The van der Waals surface area contributed by atoms with Gasteiger partial charge in [-0.3, -0.25) is 4.72 Å². The number of hydrogen-bond donors (Lipinski definition) is 6. The molecule has 3 aliphatic rings. The number of esters is 2. The van der Waals surface area contributed by atoms with Crippen molar-refractivity contribution < 1.29 is 89.2 Å². The molecule has 1 aliphatic carbocycles. The number of benzene rings is 4. The van der Waals surface area contributed by atoms with Gasteiger partial charge in [0.15, 0.2) is 22.3 Å². The van der Waals surface area contributed by atoms with Crippen LogP contribution in [0.25, 0.3) is 0 Å². The van der Waals surface area contributed by atoms with Crippen molar-refractivity contribution in [2.24, 2.45) is 0 Å². The summed E-state index contributed by atoms with van der Waals surface area (Å²) in [5.74, 6) is -3.35. The van der Waals surface area contributed by atoms with Gasteiger partial charge in [-0.05, 0) is 106 Å². The molecule has 0 saturated heterocycles. The number of carbonyl (C=O) groups is 3. The number of thiocarbonyl (C=S) groups is 1. The van der Waals surface area contributed by atoms with Gasteiger partial charge in [0.25, 0.3) is 0 Å². The lowest BCUT2D eigenvalue weighted by atomic mass is 9.77. The number of allylic oxidation sites excluding steroid dienone is 1. The highest BCUT2D eigenvalue weighted by atomic mass is 32.2. The van der Waals surface area contributed by atoms with Crippen molar-refractivity contribution in [3.05, 3.63) is 118 Å². The number of hydrogen-bond acceptors (Lipinski definition) is 18. The topological polar surface area (TPSA) is 266 Å². The van der Waals surface area contributed by atoms with Crippen molar-refractivity contribution in [3.8, 4) is 23.0 Å². The molecule has 21 nitrogen and oxygen atoms in total. The normalized spacial score (nSPS) is 15.2. The SMILES string of the molecule is CC(C)(C)OC(=O)NCc1cc(F)c(NS(=O)(=O)C2CCCC=C2C(=O)OCCOCCOCCOCCOCCOCCOCCNC(=S)Nc2ccc3c(c2)C(=O)OC32c3ccc(O)cc3Oc3cc(O)ccc32)c(F)c1. The summed E-state index contributed by atoms with van der Waals surface area (Å²) in [7, 11) is -4.50. The van der Waals surface area contributed by atoms with Gasteiger partial charge in [-0.25, -0.2) is 31.6 Å². The second-order valence-corrected chi connectivity index (χ2v) is 21.3. The zero-order valence-electron chi connectivity index (χ0n) is 43.8. The van der Waals surface area contributed by atoms with Crippen molar-refractivity contribution >= 4 is 56.8 Å². The first-order chi connectivity index (χ1) is 37.8. The van der Waals surface area contributed by atoms with E-state index in [9.17, 15) is 41.8 Å². The number of alkyl carbamates (subject to hydrolysis) is 1. The third-order valence-electron chi connectivity index (χ3n) is 12.1. The zero-order chi connectivity index (χ0) is 56.6. The van der Waals surface area contributed by atoms with Crippen LogP contribution in [-0.2, 0) is 69.6 Å². The van der Waals surface area contributed by atoms with E-state index in [0.717, 1.165) is 12.1 Å². The van der Waals surface area contributed by atoms with Gasteiger partial charge in [-0.1, -0.05) is 12.1 Å². The van der Waals surface area contributed by atoms with Crippen LogP contribution >= 0.6 is 12.2 Å². The van der Waals surface area contributed by atoms with Crippen molar-refractivity contribution in [1.82, 2.24) is 10.6 Å². The fraction of sp³-hybridized carbons (Fsp3) is 0.444. The van der Waals surface area contributed by atoms with Crippen LogP contribution in [0.4, 0.5) is 25.0 Å². The molecule has 0 radical (unpaired) electrons. The number of sulfonamides is 1. The summed E-state index contributed by atoms with van der Waals surface area (Å²) >= 11 is 5.47. The average Bonchev–Trinajstić information content (AvgIpc) is 3.98. The molecule has 1 amide bonds. The number of phenolic OH excluding ortho intramolecular Hbond substituents is 2. The maximum atomic E-state index is 15.0. The first-order valence-electron chi connectivity index (χ1n) is 25.4. The number of rotatable bonds is 28. The summed E-state index contributed by atoms with van der Waals surface area (Å²) in [6, 6.07) is 16.1. The fourth-order valence-electron chi connectivity index (χ4n) is 8.59. The van der Waals surface area contributed by atoms with Gasteiger partial charge in [0.05, 0.1) is 90.4 Å². The smallest absolute Gasteiger partial charge is 0.407 e. The number of aromatic hydroxyl groups is 2. The summed E-state index contributed by atoms with van der Waals surface area (Å²) in [5.41, 5.74) is -0.678. The van der Waals surface area contributed by atoms with E-state index in [0.29, 0.717) is 123 Å². The maximum absolute atomic E-state index is 15.0. The predicted molar refractivity (Wildman–Crippen MR) is 286 cm³/mol. The molecule has 0 fully saturated rings. The van der Waals surface area contributed by atoms with Gasteiger partial charge in [-0.2, -0.15) is 0 Å². The average molecular weight is 1140 g/mol. The lowest BCUT2D eigenvalue weighted by molar-refractivity contribution is -0.141. The molecule has 0 aromatic heterocycles. The summed E-state index contributed by atoms with van der Waals surface area (Å²) < 4.78 is 114. The quantitative estimate of drug-likeness (QED) is 0.0147. The van der Waals surface area contributed by atoms with Crippen LogP contribution in [0.1, 0.15) is 72.6 Å². The monoisotopic (exact) mass is 1140 g/mol. The van der Waals surface area contributed by atoms with E-state index in [1.807, 2.05) is 4.72 Å². The van der Waals surface area contributed by atoms with Crippen LogP contribution in [0, 0.1) is 11.6 Å². The lowest BCUT2D eigenvalue weighted by Gasteiger charge is -2.36. The van der Waals surface area contributed by atoms with Gasteiger partial charge in [0.2, 0.25) is 10.0 Å². The van der Waals surface area contributed by atoms with Crippen LogP contribution in [0.2, 0.25) is 0 Å². The van der Waals surface area contributed by atoms with Gasteiger partial charge in [0, 0.05) is 47.6 Å². The van der Waals surface area contributed by atoms with Crippen LogP contribution in [-0.4, -0.2) is 145 Å². The number of carbonyl (C=O) groups excluding carboxylic acids is 3. The molecule has 0 saturated carbocycles. The molecule has 1 spiro atoms. The number of ether oxygens (including phenoxy) is 10. The van der Waals surface area contributed by atoms with E-state index in [4.69, 9.17) is 59.6 Å². The minimum atomic E-state index is -4.50. The Balaban J connectivity index is 0.666. The van der Waals surface area contributed by atoms with E-state index in [-0.39, 0.29) is 62.0 Å². The Labute approximate surface area is 461 Å². The van der Waals surface area contributed by atoms with Crippen LogP contribution in [0.3, 0.4) is 0 Å². The minimum Gasteiger partial charge on any atom is -0.508 e. The number of anilines is 2. The van der Waals surface area contributed by atoms with Gasteiger partial charge in [0.1, 0.15) is 46.1 Å². The molecule has 1 unspecified atom stereocenters. The largest absolute Gasteiger partial charge is 0.508 e. The standard InChI is InChI=1S/C54H64F2N4O17S2/c1-53(2,3)77-52(65)58-33-34-28-43(55)48(44(56)29-34)60-79(66,67)47-7-5-4-6-38(47)49(63)74-27-26-73-25-24-72-23-22-71-21-20-70-19-18-69-17-16-68-15-14-57-51(78)59-35-8-11-40-39(30-35)50(64)76-54(40)41-12-9-36(61)31-45(41)75-46-32-37(62)10-13-42(46)54/h6,8-13,28-32,47,60-62H,4-5,7,14-27,33H2,1-3H3,(H,58,65)(H2,57,59,78). The number of nitrogens with one attached hydrogen (secondary N) is 4. The second kappa shape index (κ2) is 27.9. The Bertz CT molecular complexity index is 2880. The second-order valence-electron chi connectivity index (χ2n) is 19.0. The lowest BCUT2D eigenvalue weighted by Crippen LogP contribution is -2.35. The van der Waals surface area contributed by atoms with Crippen molar-refractivity contribution in [2.45, 2.75) is 63.0 Å². The zero-order valence-corrected chi connectivity index (χ0v) is 45.5. The van der Waals surface area contributed by atoms with Gasteiger partial charge >= 0.3 is 18.0 Å². The molecule has 25 heteroatoms. The van der Waals surface area contributed by atoms with E-state index >= 15 is 0 Å². The summed E-state index contributed by atoms with van der Waals surface area (Å²) in [6.45, 7) is 8.53. The Hall–Kier alpha value is -6.71. The molecule has 428 valence electrons. The molecular weight excluding hydrogens is 1080 g/mol.